The standard InChI is InChI=1S/C49H32N2S/c1-3-13-32(14-4-1)40-27-28-45(48-43-20-10-12-22-47(43)52-49(40)48)50(36-23-25-39-34(30-36)29-33-15-7-8-18-38(33)39)37-24-26-42-41-19-9-11-21-44(41)51(46(42)31-37)35-16-5-2-6-17-35/h1-28,30-31H,29H2. The zero-order valence-corrected chi connectivity index (χ0v) is 29.1. The van der Waals surface area contributed by atoms with E-state index in [1.54, 1.807) is 0 Å². The molecule has 10 aromatic rings. The van der Waals surface area contributed by atoms with Crippen LogP contribution in [0.4, 0.5) is 17.1 Å². The minimum Gasteiger partial charge on any atom is -0.310 e. The van der Waals surface area contributed by atoms with E-state index in [1.165, 1.54) is 81.0 Å². The second-order valence-corrected chi connectivity index (χ2v) is 14.8. The monoisotopic (exact) mass is 680 g/mol. The van der Waals surface area contributed by atoms with Gasteiger partial charge in [-0.25, -0.2) is 0 Å². The van der Waals surface area contributed by atoms with E-state index < -0.39 is 0 Å². The van der Waals surface area contributed by atoms with Crippen molar-refractivity contribution in [3.05, 3.63) is 193 Å². The first-order chi connectivity index (χ1) is 25.8. The fourth-order valence-electron chi connectivity index (χ4n) is 8.49. The highest BCUT2D eigenvalue weighted by atomic mass is 32.1. The summed E-state index contributed by atoms with van der Waals surface area (Å²) in [5.74, 6) is 0. The molecular weight excluding hydrogens is 649 g/mol. The minimum atomic E-state index is 0.943. The van der Waals surface area contributed by atoms with Crippen molar-refractivity contribution in [2.24, 2.45) is 0 Å². The minimum absolute atomic E-state index is 0.943. The van der Waals surface area contributed by atoms with Gasteiger partial charge in [0.15, 0.2) is 0 Å². The number of anilines is 3. The molecule has 0 radical (unpaired) electrons. The number of thiophene rings is 1. The number of fused-ring (bicyclic) bond motifs is 9. The van der Waals surface area contributed by atoms with Crippen LogP contribution in [0.1, 0.15) is 11.1 Å². The van der Waals surface area contributed by atoms with Crippen LogP contribution in [0.3, 0.4) is 0 Å². The van der Waals surface area contributed by atoms with Gasteiger partial charge in [0.05, 0.1) is 16.7 Å². The van der Waals surface area contributed by atoms with Crippen LogP contribution in [0.25, 0.3) is 69.9 Å². The highest BCUT2D eigenvalue weighted by Crippen LogP contribution is 2.50. The van der Waals surface area contributed by atoms with Crippen LogP contribution >= 0.6 is 11.3 Å². The average Bonchev–Trinajstić information content (AvgIpc) is 3.88. The predicted octanol–water partition coefficient (Wildman–Crippen LogP) is 13.9. The Morgan fingerprint density at radius 2 is 1.12 bits per heavy atom. The summed E-state index contributed by atoms with van der Waals surface area (Å²) in [6.07, 6.45) is 0.943. The van der Waals surface area contributed by atoms with Gasteiger partial charge in [-0.05, 0) is 94.4 Å². The molecule has 0 fully saturated rings. The zero-order chi connectivity index (χ0) is 34.2. The van der Waals surface area contributed by atoms with Crippen LogP contribution in [-0.2, 0) is 6.42 Å². The Bertz CT molecular complexity index is 2990. The third kappa shape index (κ3) is 4.43. The Morgan fingerprint density at radius 1 is 0.462 bits per heavy atom. The van der Waals surface area contributed by atoms with Crippen LogP contribution in [0.2, 0.25) is 0 Å². The maximum Gasteiger partial charge on any atom is 0.0561 e. The topological polar surface area (TPSA) is 8.17 Å². The van der Waals surface area contributed by atoms with Crippen LogP contribution < -0.4 is 4.90 Å². The van der Waals surface area contributed by atoms with Crippen LogP contribution in [-0.4, -0.2) is 4.57 Å². The summed E-state index contributed by atoms with van der Waals surface area (Å²) in [7, 11) is 0. The summed E-state index contributed by atoms with van der Waals surface area (Å²) >= 11 is 1.89. The smallest absolute Gasteiger partial charge is 0.0561 e. The highest BCUT2D eigenvalue weighted by Gasteiger charge is 2.25. The maximum absolute atomic E-state index is 2.51. The molecule has 1 aliphatic carbocycles. The molecule has 2 heterocycles. The number of hydrogen-bond donors (Lipinski definition) is 0. The van der Waals surface area contributed by atoms with Crippen molar-refractivity contribution in [2.45, 2.75) is 6.42 Å². The molecule has 2 aromatic heterocycles. The number of benzene rings is 8. The number of nitrogens with zero attached hydrogens (tertiary/aromatic N) is 2. The van der Waals surface area contributed by atoms with Gasteiger partial charge in [-0.1, -0.05) is 127 Å². The molecule has 0 aliphatic heterocycles. The molecule has 244 valence electrons. The quantitative estimate of drug-likeness (QED) is 0.176. The number of hydrogen-bond acceptors (Lipinski definition) is 2. The zero-order valence-electron chi connectivity index (χ0n) is 28.3. The van der Waals surface area contributed by atoms with E-state index in [0.717, 1.165) is 23.5 Å². The number of aromatic nitrogens is 1. The fraction of sp³-hybridized carbons (Fsp3) is 0.0204. The van der Waals surface area contributed by atoms with Gasteiger partial charge in [-0.15, -0.1) is 11.3 Å². The van der Waals surface area contributed by atoms with Crippen molar-refractivity contribution in [1.29, 1.82) is 0 Å². The summed E-state index contributed by atoms with van der Waals surface area (Å²) in [6.45, 7) is 0. The molecule has 0 unspecified atom stereocenters. The lowest BCUT2D eigenvalue weighted by Gasteiger charge is -2.28. The lowest BCUT2D eigenvalue weighted by Crippen LogP contribution is -2.11. The summed E-state index contributed by atoms with van der Waals surface area (Å²) in [4.78, 5) is 2.51. The van der Waals surface area contributed by atoms with Crippen LogP contribution in [0.5, 0.6) is 0 Å². The third-order valence-electron chi connectivity index (χ3n) is 10.8. The second kappa shape index (κ2) is 11.6. The van der Waals surface area contributed by atoms with Gasteiger partial charge in [0.2, 0.25) is 0 Å². The summed E-state index contributed by atoms with van der Waals surface area (Å²) < 4.78 is 5.02. The number of rotatable bonds is 5. The molecule has 3 heteroatoms. The Balaban J connectivity index is 1.21. The van der Waals surface area contributed by atoms with E-state index in [1.807, 2.05) is 11.3 Å². The molecule has 1 aliphatic rings. The van der Waals surface area contributed by atoms with Crippen molar-refractivity contribution >= 4 is 70.4 Å². The Labute approximate surface area is 306 Å². The molecule has 0 spiro atoms. The fourth-order valence-corrected chi connectivity index (χ4v) is 9.75. The summed E-state index contributed by atoms with van der Waals surface area (Å²) in [5, 5.41) is 5.08. The van der Waals surface area contributed by atoms with Crippen LogP contribution in [0.15, 0.2) is 182 Å². The molecule has 2 nitrogen and oxygen atoms in total. The van der Waals surface area contributed by atoms with Gasteiger partial charge in [-0.2, -0.15) is 0 Å². The third-order valence-corrected chi connectivity index (χ3v) is 12.0. The van der Waals surface area contributed by atoms with Crippen molar-refractivity contribution in [1.82, 2.24) is 4.57 Å². The molecule has 0 N–H and O–H groups in total. The molecular formula is C49H32N2S. The van der Waals surface area contributed by atoms with Crippen molar-refractivity contribution in [3.63, 3.8) is 0 Å². The van der Waals surface area contributed by atoms with Gasteiger partial charge < -0.3 is 9.47 Å². The lowest BCUT2D eigenvalue weighted by atomic mass is 9.99. The molecule has 0 amide bonds. The first kappa shape index (κ1) is 29.3. The predicted molar refractivity (Wildman–Crippen MR) is 222 cm³/mol. The van der Waals surface area contributed by atoms with Gasteiger partial charge in [0, 0.05) is 48.0 Å². The lowest BCUT2D eigenvalue weighted by molar-refractivity contribution is 1.18. The highest BCUT2D eigenvalue weighted by molar-refractivity contribution is 7.26. The van der Waals surface area contributed by atoms with E-state index in [4.69, 9.17) is 0 Å². The van der Waals surface area contributed by atoms with Gasteiger partial charge in [0.25, 0.3) is 0 Å². The molecule has 8 aromatic carbocycles. The van der Waals surface area contributed by atoms with Gasteiger partial charge in [-0.3, -0.25) is 0 Å². The van der Waals surface area contributed by atoms with E-state index in [9.17, 15) is 0 Å². The van der Waals surface area contributed by atoms with Gasteiger partial charge >= 0.3 is 0 Å². The molecule has 11 rings (SSSR count). The molecule has 0 saturated heterocycles. The molecule has 0 saturated carbocycles. The summed E-state index contributed by atoms with van der Waals surface area (Å²) in [6, 6.07) is 66.9. The first-order valence-corrected chi connectivity index (χ1v) is 18.7. The van der Waals surface area contributed by atoms with Crippen molar-refractivity contribution in [3.8, 4) is 27.9 Å². The molecule has 0 atom stereocenters. The van der Waals surface area contributed by atoms with E-state index in [2.05, 4.69) is 191 Å². The van der Waals surface area contributed by atoms with Gasteiger partial charge in [0.1, 0.15) is 0 Å². The largest absolute Gasteiger partial charge is 0.310 e. The Hall–Kier alpha value is -6.42. The molecule has 52 heavy (non-hydrogen) atoms. The Kier molecular flexibility index (Phi) is 6.52. The van der Waals surface area contributed by atoms with E-state index in [0.29, 0.717) is 0 Å². The average molecular weight is 681 g/mol. The van der Waals surface area contributed by atoms with Crippen LogP contribution in [0, 0.1) is 0 Å². The normalized spacial score (nSPS) is 12.2. The van der Waals surface area contributed by atoms with E-state index in [-0.39, 0.29) is 0 Å². The molecule has 0 bridgehead atoms. The summed E-state index contributed by atoms with van der Waals surface area (Å²) in [5.41, 5.74) is 15.0. The maximum atomic E-state index is 2.51. The van der Waals surface area contributed by atoms with E-state index >= 15 is 0 Å². The first-order valence-electron chi connectivity index (χ1n) is 17.9. The second-order valence-electron chi connectivity index (χ2n) is 13.7. The SMILES string of the molecule is c1ccc(-c2ccc(N(c3ccc4c(c3)Cc3ccccc3-4)c3ccc4c5ccccc5n(-c5ccccc5)c4c3)c3c2sc2ccccc23)cc1. The van der Waals surface area contributed by atoms with Crippen molar-refractivity contribution < 1.29 is 0 Å². The number of para-hydroxylation sites is 2. The Morgan fingerprint density at radius 3 is 2.00 bits per heavy atom. The van der Waals surface area contributed by atoms with Crippen molar-refractivity contribution in [2.75, 3.05) is 4.90 Å².